The lowest BCUT2D eigenvalue weighted by atomic mass is 10.0. The van der Waals surface area contributed by atoms with E-state index in [1.54, 1.807) is 30.1 Å². The zero-order valence-electron chi connectivity index (χ0n) is 22.2. The summed E-state index contributed by atoms with van der Waals surface area (Å²) in [5.41, 5.74) is 3.36. The molecule has 10 heteroatoms. The lowest BCUT2D eigenvalue weighted by Gasteiger charge is -2.39. The number of para-hydroxylation sites is 1. The topological polar surface area (TPSA) is 85.5 Å². The minimum atomic E-state index is -1.44. The fraction of sp³-hybridized carbons (Fsp3) is 0.379. The summed E-state index contributed by atoms with van der Waals surface area (Å²) in [6.45, 7) is 7.57. The van der Waals surface area contributed by atoms with E-state index in [1.165, 1.54) is 6.92 Å². The van der Waals surface area contributed by atoms with Gasteiger partial charge >= 0.3 is 0 Å². The molecule has 0 N–H and O–H groups in total. The van der Waals surface area contributed by atoms with Gasteiger partial charge in [-0.05, 0) is 37.1 Å². The first-order valence-electron chi connectivity index (χ1n) is 13.3. The van der Waals surface area contributed by atoms with Gasteiger partial charge in [0.05, 0.1) is 16.9 Å². The van der Waals surface area contributed by atoms with Crippen LogP contribution in [0.1, 0.15) is 38.8 Å². The number of aromatic nitrogens is 4. The second-order valence-corrected chi connectivity index (χ2v) is 10.3. The van der Waals surface area contributed by atoms with Crippen molar-refractivity contribution in [2.24, 2.45) is 0 Å². The molecule has 0 bridgehead atoms. The van der Waals surface area contributed by atoms with Crippen LogP contribution < -0.4 is 15.2 Å². The Bertz CT molecular complexity index is 1600. The monoisotopic (exact) mass is 530 g/mol. The largest absolute Gasteiger partial charge is 0.460 e. The maximum atomic E-state index is 13.7. The van der Waals surface area contributed by atoms with Crippen LogP contribution in [0.3, 0.4) is 0 Å². The number of hydrogen-bond donors (Lipinski definition) is 0. The number of amides is 1. The van der Waals surface area contributed by atoms with Gasteiger partial charge in [-0.3, -0.25) is 14.3 Å². The van der Waals surface area contributed by atoms with Gasteiger partial charge in [0.1, 0.15) is 5.75 Å². The van der Waals surface area contributed by atoms with Gasteiger partial charge in [0, 0.05) is 69.6 Å². The Balaban J connectivity index is 1.32. The second kappa shape index (κ2) is 9.83. The van der Waals surface area contributed by atoms with Crippen molar-refractivity contribution in [3.05, 3.63) is 70.8 Å². The van der Waals surface area contributed by atoms with E-state index in [0.717, 1.165) is 22.2 Å². The summed E-state index contributed by atoms with van der Waals surface area (Å²) in [7, 11) is 0. The molecule has 3 atom stereocenters. The van der Waals surface area contributed by atoms with E-state index in [-0.39, 0.29) is 23.6 Å². The van der Waals surface area contributed by atoms with Crippen LogP contribution in [-0.2, 0) is 11.3 Å². The molecule has 2 aliphatic heterocycles. The summed E-state index contributed by atoms with van der Waals surface area (Å²) in [4.78, 5) is 38.2. The molecule has 2 aromatic carbocycles. The molecule has 0 spiro atoms. The number of carbonyl (C=O) groups is 1. The number of anilines is 1. The maximum absolute atomic E-state index is 13.7. The molecule has 4 heterocycles. The number of rotatable bonds is 5. The highest BCUT2D eigenvalue weighted by Gasteiger charge is 2.30. The van der Waals surface area contributed by atoms with E-state index in [9.17, 15) is 14.0 Å². The Morgan fingerprint density at radius 1 is 1.08 bits per heavy atom. The predicted octanol–water partition coefficient (Wildman–Crippen LogP) is 4.00. The SMILES string of the molecule is CC(=O)N1CCN(c2ncc(-c3ccc4c(=O)n5n(c4c3)[C@@H](c3ccccc3OC(C)F)CC5)cn2)C[C@H]1C. The highest BCUT2D eigenvalue weighted by molar-refractivity contribution is 5.84. The molecule has 2 aliphatic rings. The Morgan fingerprint density at radius 3 is 2.56 bits per heavy atom. The van der Waals surface area contributed by atoms with Crippen LogP contribution >= 0.6 is 0 Å². The average molecular weight is 531 g/mol. The molecule has 1 saturated heterocycles. The first kappa shape index (κ1) is 25.1. The van der Waals surface area contributed by atoms with E-state index in [4.69, 9.17) is 4.74 Å². The van der Waals surface area contributed by atoms with Gasteiger partial charge in [0.25, 0.3) is 5.56 Å². The van der Waals surface area contributed by atoms with E-state index < -0.39 is 6.36 Å². The second-order valence-electron chi connectivity index (χ2n) is 10.3. The van der Waals surface area contributed by atoms with Crippen molar-refractivity contribution in [1.29, 1.82) is 0 Å². The first-order chi connectivity index (χ1) is 18.8. The van der Waals surface area contributed by atoms with Crippen LogP contribution in [0, 0.1) is 0 Å². The Morgan fingerprint density at radius 2 is 1.85 bits per heavy atom. The van der Waals surface area contributed by atoms with Gasteiger partial charge in [0.2, 0.25) is 18.2 Å². The standard InChI is InChI=1S/C29H31FN6O3/c1-18-17-33(12-13-34(18)20(3)37)29-31-15-22(16-32-29)21-8-9-24-26(14-21)36-25(10-11-35(36)28(24)38)23-6-4-5-7-27(23)39-19(2)30/h4-9,14-16,18-19,25H,10-13,17H2,1-3H3/t18-,19?,25-/m1/s1. The number of hydrogen-bond acceptors (Lipinski definition) is 6. The Labute approximate surface area is 225 Å². The van der Waals surface area contributed by atoms with Crippen molar-refractivity contribution in [2.45, 2.75) is 52.2 Å². The summed E-state index contributed by atoms with van der Waals surface area (Å²) < 4.78 is 23.0. The van der Waals surface area contributed by atoms with Crippen molar-refractivity contribution >= 4 is 22.8 Å². The highest BCUT2D eigenvalue weighted by atomic mass is 19.1. The molecule has 39 heavy (non-hydrogen) atoms. The van der Waals surface area contributed by atoms with E-state index in [1.807, 2.05) is 52.9 Å². The smallest absolute Gasteiger partial charge is 0.274 e. The third-order valence-electron chi connectivity index (χ3n) is 7.73. The van der Waals surface area contributed by atoms with Crippen LogP contribution in [0.2, 0.25) is 0 Å². The van der Waals surface area contributed by atoms with Crippen LogP contribution in [-0.4, -0.2) is 62.2 Å². The molecular formula is C29H31FN6O3. The lowest BCUT2D eigenvalue weighted by Crippen LogP contribution is -2.53. The predicted molar refractivity (Wildman–Crippen MR) is 147 cm³/mol. The number of benzene rings is 2. The van der Waals surface area contributed by atoms with Crippen molar-refractivity contribution in [1.82, 2.24) is 24.2 Å². The molecule has 1 fully saturated rings. The number of halogens is 1. The Kier molecular flexibility index (Phi) is 6.32. The summed E-state index contributed by atoms with van der Waals surface area (Å²) >= 11 is 0. The summed E-state index contributed by atoms with van der Waals surface area (Å²) in [6, 6.07) is 13.1. The third kappa shape index (κ3) is 4.43. The number of ether oxygens (including phenoxy) is 1. The number of carbonyl (C=O) groups excluding carboxylic acids is 1. The molecule has 9 nitrogen and oxygen atoms in total. The van der Waals surface area contributed by atoms with Crippen LogP contribution in [0.15, 0.2) is 59.7 Å². The molecule has 1 amide bonds. The fourth-order valence-corrected chi connectivity index (χ4v) is 5.93. The molecular weight excluding hydrogens is 499 g/mol. The molecule has 6 rings (SSSR count). The molecule has 2 aromatic heterocycles. The van der Waals surface area contributed by atoms with Gasteiger partial charge < -0.3 is 14.5 Å². The minimum absolute atomic E-state index is 0.0401. The molecule has 1 unspecified atom stereocenters. The summed E-state index contributed by atoms with van der Waals surface area (Å²) in [5.74, 6) is 1.20. The van der Waals surface area contributed by atoms with Crippen LogP contribution in [0.5, 0.6) is 5.75 Å². The summed E-state index contributed by atoms with van der Waals surface area (Å²) in [5, 5.41) is 0.635. The molecule has 0 aliphatic carbocycles. The number of fused-ring (bicyclic) bond motifs is 3. The zero-order chi connectivity index (χ0) is 27.3. The number of nitrogens with zero attached hydrogens (tertiary/aromatic N) is 6. The third-order valence-corrected chi connectivity index (χ3v) is 7.73. The maximum Gasteiger partial charge on any atom is 0.274 e. The molecule has 202 valence electrons. The van der Waals surface area contributed by atoms with Gasteiger partial charge in [-0.1, -0.05) is 24.3 Å². The van der Waals surface area contributed by atoms with Crippen LogP contribution in [0.25, 0.3) is 22.0 Å². The normalized spacial score (nSPS) is 19.8. The quantitative estimate of drug-likeness (QED) is 0.388. The van der Waals surface area contributed by atoms with Crippen LogP contribution in [0.4, 0.5) is 10.3 Å². The fourth-order valence-electron chi connectivity index (χ4n) is 5.93. The van der Waals surface area contributed by atoms with Gasteiger partial charge in [0.15, 0.2) is 0 Å². The average Bonchev–Trinajstić information content (AvgIpc) is 3.48. The van der Waals surface area contributed by atoms with Gasteiger partial charge in [-0.15, -0.1) is 0 Å². The molecule has 0 radical (unpaired) electrons. The molecule has 0 saturated carbocycles. The number of piperazine rings is 1. The molecule has 4 aromatic rings. The van der Waals surface area contributed by atoms with Crippen molar-refractivity contribution in [3.63, 3.8) is 0 Å². The van der Waals surface area contributed by atoms with Crippen molar-refractivity contribution in [3.8, 4) is 16.9 Å². The first-order valence-corrected chi connectivity index (χ1v) is 13.3. The van der Waals surface area contributed by atoms with Crippen molar-refractivity contribution < 1.29 is 13.9 Å². The lowest BCUT2D eigenvalue weighted by molar-refractivity contribution is -0.131. The number of alkyl halides is 1. The highest BCUT2D eigenvalue weighted by Crippen LogP contribution is 2.37. The minimum Gasteiger partial charge on any atom is -0.460 e. The zero-order valence-corrected chi connectivity index (χ0v) is 22.2. The van der Waals surface area contributed by atoms with E-state index >= 15 is 0 Å². The van der Waals surface area contributed by atoms with Gasteiger partial charge in [-0.25, -0.2) is 19.0 Å². The van der Waals surface area contributed by atoms with Gasteiger partial charge in [-0.2, -0.15) is 0 Å². The van der Waals surface area contributed by atoms with Crippen molar-refractivity contribution in [2.75, 3.05) is 24.5 Å². The van der Waals surface area contributed by atoms with E-state index in [2.05, 4.69) is 14.9 Å². The summed E-state index contributed by atoms with van der Waals surface area (Å²) in [6.07, 6.45) is 2.87. The van der Waals surface area contributed by atoms with E-state index in [0.29, 0.717) is 49.7 Å². The Hall–Kier alpha value is -4.21.